The molecular formula is C27H29ClN2O3. The van der Waals surface area contributed by atoms with Gasteiger partial charge in [-0.25, -0.2) is 4.79 Å². The number of hydrogen-bond acceptors (Lipinski definition) is 4. The van der Waals surface area contributed by atoms with Crippen molar-refractivity contribution in [2.75, 3.05) is 6.54 Å². The van der Waals surface area contributed by atoms with Gasteiger partial charge in [0, 0.05) is 6.54 Å². The fourth-order valence-corrected chi connectivity index (χ4v) is 4.12. The molecule has 0 aliphatic carbocycles. The van der Waals surface area contributed by atoms with Gasteiger partial charge < -0.3 is 15.4 Å². The third-order valence-electron chi connectivity index (χ3n) is 5.87. The SMILES string of the molecule is Cl.N[C@@H](Cc1ccc(-c2ccccc2)cc1)C(=O)N1CCC[C@@H]1C(=O)OCc1ccccc1. The van der Waals surface area contributed by atoms with Crippen LogP contribution in [0.1, 0.15) is 24.0 Å². The van der Waals surface area contributed by atoms with E-state index < -0.39 is 12.1 Å². The Morgan fingerprint density at radius 2 is 1.48 bits per heavy atom. The Balaban J connectivity index is 0.00000306. The zero-order valence-electron chi connectivity index (χ0n) is 18.4. The van der Waals surface area contributed by atoms with Crippen LogP contribution in [0.2, 0.25) is 0 Å². The lowest BCUT2D eigenvalue weighted by molar-refractivity contribution is -0.154. The van der Waals surface area contributed by atoms with Gasteiger partial charge in [-0.1, -0.05) is 84.9 Å². The number of nitrogens with zero attached hydrogens (tertiary/aromatic N) is 1. The van der Waals surface area contributed by atoms with Crippen molar-refractivity contribution in [1.29, 1.82) is 0 Å². The first-order valence-electron chi connectivity index (χ1n) is 11.0. The largest absolute Gasteiger partial charge is 0.459 e. The van der Waals surface area contributed by atoms with Crippen molar-refractivity contribution in [2.45, 2.75) is 38.0 Å². The minimum atomic E-state index is -0.694. The third kappa shape index (κ3) is 6.21. The summed E-state index contributed by atoms with van der Waals surface area (Å²) in [6, 6.07) is 26.5. The van der Waals surface area contributed by atoms with E-state index in [1.807, 2.05) is 72.8 Å². The number of hydrogen-bond donors (Lipinski definition) is 1. The predicted molar refractivity (Wildman–Crippen MR) is 132 cm³/mol. The number of carbonyl (C=O) groups excluding carboxylic acids is 2. The van der Waals surface area contributed by atoms with E-state index in [1.165, 1.54) is 0 Å². The first-order valence-corrected chi connectivity index (χ1v) is 11.0. The number of ether oxygens (including phenoxy) is 1. The van der Waals surface area contributed by atoms with Gasteiger partial charge in [0.05, 0.1) is 6.04 Å². The van der Waals surface area contributed by atoms with Crippen molar-refractivity contribution < 1.29 is 14.3 Å². The molecule has 6 heteroatoms. The van der Waals surface area contributed by atoms with E-state index in [0.29, 0.717) is 19.4 Å². The van der Waals surface area contributed by atoms with Crippen molar-refractivity contribution in [2.24, 2.45) is 5.73 Å². The molecule has 1 aliphatic heterocycles. The summed E-state index contributed by atoms with van der Waals surface area (Å²) in [5, 5.41) is 0. The molecule has 172 valence electrons. The lowest BCUT2D eigenvalue weighted by Gasteiger charge is -2.26. The Kier molecular flexibility index (Phi) is 8.64. The van der Waals surface area contributed by atoms with Crippen LogP contribution in [0.4, 0.5) is 0 Å². The average molecular weight is 465 g/mol. The standard InChI is InChI=1S/C27H28N2O3.ClH/c28-24(18-20-13-15-23(16-14-20)22-10-5-2-6-11-22)26(30)29-17-7-12-25(29)27(31)32-19-21-8-3-1-4-9-21;/h1-6,8-11,13-16,24-25H,7,12,17-19,28H2;1H/t24-,25+;/m0./s1. The van der Waals surface area contributed by atoms with Crippen LogP contribution < -0.4 is 5.73 Å². The fourth-order valence-electron chi connectivity index (χ4n) is 4.12. The van der Waals surface area contributed by atoms with E-state index in [9.17, 15) is 9.59 Å². The molecule has 3 aromatic carbocycles. The van der Waals surface area contributed by atoms with Crippen LogP contribution in [-0.2, 0) is 27.4 Å². The van der Waals surface area contributed by atoms with Crippen LogP contribution in [0.3, 0.4) is 0 Å². The van der Waals surface area contributed by atoms with Crippen LogP contribution in [0, 0.1) is 0 Å². The molecule has 3 aromatic rings. The number of esters is 1. The second-order valence-electron chi connectivity index (χ2n) is 8.16. The number of rotatable bonds is 7. The first-order chi connectivity index (χ1) is 15.6. The van der Waals surface area contributed by atoms with Crippen molar-refractivity contribution >= 4 is 24.3 Å². The second kappa shape index (κ2) is 11.6. The smallest absolute Gasteiger partial charge is 0.329 e. The Bertz CT molecular complexity index is 1040. The summed E-state index contributed by atoms with van der Waals surface area (Å²) in [6.45, 7) is 0.739. The maximum Gasteiger partial charge on any atom is 0.329 e. The highest BCUT2D eigenvalue weighted by Gasteiger charge is 2.37. The van der Waals surface area contributed by atoms with E-state index >= 15 is 0 Å². The second-order valence-corrected chi connectivity index (χ2v) is 8.16. The molecule has 0 bridgehead atoms. The first kappa shape index (κ1) is 24.5. The van der Waals surface area contributed by atoms with Crippen LogP contribution in [-0.4, -0.2) is 35.4 Å². The lowest BCUT2D eigenvalue weighted by Crippen LogP contribution is -2.49. The highest BCUT2D eigenvalue weighted by atomic mass is 35.5. The van der Waals surface area contributed by atoms with Crippen molar-refractivity contribution in [3.63, 3.8) is 0 Å². The molecule has 0 unspecified atom stereocenters. The van der Waals surface area contributed by atoms with Gasteiger partial charge in [0.15, 0.2) is 0 Å². The average Bonchev–Trinajstić information content (AvgIpc) is 3.34. The van der Waals surface area contributed by atoms with Crippen LogP contribution in [0.5, 0.6) is 0 Å². The van der Waals surface area contributed by atoms with Crippen LogP contribution >= 0.6 is 12.4 Å². The van der Waals surface area contributed by atoms with E-state index in [1.54, 1.807) is 4.90 Å². The molecule has 4 rings (SSSR count). The number of likely N-dealkylation sites (tertiary alicyclic amines) is 1. The van der Waals surface area contributed by atoms with Crippen molar-refractivity contribution in [1.82, 2.24) is 4.90 Å². The summed E-state index contributed by atoms with van der Waals surface area (Å²) in [5.74, 6) is -0.560. The Morgan fingerprint density at radius 1 is 0.879 bits per heavy atom. The molecule has 33 heavy (non-hydrogen) atoms. The lowest BCUT2D eigenvalue weighted by atomic mass is 10.0. The molecule has 1 saturated heterocycles. The number of halogens is 1. The quantitative estimate of drug-likeness (QED) is 0.526. The highest BCUT2D eigenvalue weighted by Crippen LogP contribution is 2.22. The van der Waals surface area contributed by atoms with Gasteiger partial charge in [-0.05, 0) is 41.5 Å². The molecule has 0 spiro atoms. The third-order valence-corrected chi connectivity index (χ3v) is 5.87. The molecule has 0 saturated carbocycles. The van der Waals surface area contributed by atoms with Gasteiger partial charge in [-0.2, -0.15) is 0 Å². The van der Waals surface area contributed by atoms with Crippen LogP contribution in [0.15, 0.2) is 84.9 Å². The molecule has 1 aliphatic rings. The number of nitrogens with two attached hydrogens (primary N) is 1. The van der Waals surface area contributed by atoms with E-state index in [4.69, 9.17) is 10.5 Å². The van der Waals surface area contributed by atoms with Gasteiger partial charge in [-0.3, -0.25) is 4.79 Å². The number of benzene rings is 3. The summed E-state index contributed by atoms with van der Waals surface area (Å²) < 4.78 is 5.47. The molecule has 0 radical (unpaired) electrons. The topological polar surface area (TPSA) is 72.6 Å². The maximum absolute atomic E-state index is 13.0. The summed E-state index contributed by atoms with van der Waals surface area (Å²) >= 11 is 0. The summed E-state index contributed by atoms with van der Waals surface area (Å²) in [4.78, 5) is 27.2. The molecule has 5 nitrogen and oxygen atoms in total. The Morgan fingerprint density at radius 3 is 2.15 bits per heavy atom. The van der Waals surface area contributed by atoms with Gasteiger partial charge in [-0.15, -0.1) is 12.4 Å². The monoisotopic (exact) mass is 464 g/mol. The molecule has 1 heterocycles. The fraction of sp³-hybridized carbons (Fsp3) is 0.259. The predicted octanol–water partition coefficient (Wildman–Crippen LogP) is 4.38. The minimum absolute atomic E-state index is 0. The highest BCUT2D eigenvalue weighted by molar-refractivity contribution is 5.88. The molecule has 1 amide bonds. The normalized spacial score (nSPS) is 16.0. The number of amides is 1. The number of carbonyl (C=O) groups is 2. The van der Waals surface area contributed by atoms with Gasteiger partial charge in [0.1, 0.15) is 12.6 Å². The molecular weight excluding hydrogens is 436 g/mol. The molecule has 2 N–H and O–H groups in total. The maximum atomic E-state index is 13.0. The molecule has 0 aromatic heterocycles. The van der Waals surface area contributed by atoms with E-state index in [2.05, 4.69) is 12.1 Å². The van der Waals surface area contributed by atoms with Gasteiger partial charge in [0.25, 0.3) is 0 Å². The van der Waals surface area contributed by atoms with E-state index in [0.717, 1.165) is 28.7 Å². The van der Waals surface area contributed by atoms with Gasteiger partial charge >= 0.3 is 5.97 Å². The van der Waals surface area contributed by atoms with Gasteiger partial charge in [0.2, 0.25) is 5.91 Å². The Labute approximate surface area is 201 Å². The van der Waals surface area contributed by atoms with Crippen molar-refractivity contribution in [3.05, 3.63) is 96.1 Å². The van der Waals surface area contributed by atoms with Crippen LogP contribution in [0.25, 0.3) is 11.1 Å². The Hall–Kier alpha value is -3.15. The molecule has 1 fully saturated rings. The summed E-state index contributed by atoms with van der Waals surface area (Å²) in [6.07, 6.45) is 1.81. The zero-order chi connectivity index (χ0) is 22.3. The minimum Gasteiger partial charge on any atom is -0.459 e. The van der Waals surface area contributed by atoms with E-state index in [-0.39, 0.29) is 30.9 Å². The summed E-state index contributed by atoms with van der Waals surface area (Å²) in [5.41, 5.74) is 10.4. The molecule has 2 atom stereocenters. The zero-order valence-corrected chi connectivity index (χ0v) is 19.2. The summed E-state index contributed by atoms with van der Waals surface area (Å²) in [7, 11) is 0. The van der Waals surface area contributed by atoms with Crippen molar-refractivity contribution in [3.8, 4) is 11.1 Å².